The van der Waals surface area contributed by atoms with E-state index in [1.807, 2.05) is 6.92 Å². The minimum Gasteiger partial charge on any atom is -0.492 e. The summed E-state index contributed by atoms with van der Waals surface area (Å²) in [5, 5.41) is 3.40. The molecule has 0 fully saturated rings. The summed E-state index contributed by atoms with van der Waals surface area (Å²) in [5.41, 5.74) is 7.85. The van der Waals surface area contributed by atoms with Crippen LogP contribution in [0.3, 0.4) is 0 Å². The Bertz CT molecular complexity index is 877. The molecule has 0 saturated carbocycles. The van der Waals surface area contributed by atoms with E-state index in [-0.39, 0.29) is 5.82 Å². The summed E-state index contributed by atoms with van der Waals surface area (Å²) in [6.07, 6.45) is 7.38. The van der Waals surface area contributed by atoms with Crippen LogP contribution in [-0.4, -0.2) is 54.5 Å². The van der Waals surface area contributed by atoms with Crippen LogP contribution in [0.25, 0.3) is 0 Å². The quantitative estimate of drug-likeness (QED) is 0.331. The lowest BCUT2D eigenvalue weighted by Gasteiger charge is -2.27. The lowest BCUT2D eigenvalue weighted by atomic mass is 9.95. The number of unbranched alkanes of at least 4 members (excludes halogenated alkanes) is 1. The summed E-state index contributed by atoms with van der Waals surface area (Å²) >= 11 is 0. The van der Waals surface area contributed by atoms with Gasteiger partial charge in [0.05, 0.1) is 5.54 Å². The lowest BCUT2D eigenvalue weighted by Crippen LogP contribution is -2.44. The maximum atomic E-state index is 13.1. The third kappa shape index (κ3) is 8.09. The second-order valence-corrected chi connectivity index (χ2v) is 8.90. The Kier molecular flexibility index (Phi) is 9.63. The number of nitrogens with one attached hydrogen (secondary N) is 1. The fourth-order valence-corrected chi connectivity index (χ4v) is 3.99. The van der Waals surface area contributed by atoms with Gasteiger partial charge in [-0.05, 0) is 87.4 Å². The Morgan fingerprint density at radius 1 is 1.18 bits per heavy atom. The maximum Gasteiger partial charge on any atom is 0.139 e. The van der Waals surface area contributed by atoms with Gasteiger partial charge in [-0.25, -0.2) is 9.37 Å². The molecule has 0 saturated heterocycles. The molecule has 1 aromatic carbocycles. The Balaban J connectivity index is 1.47. The molecule has 2 aromatic rings. The van der Waals surface area contributed by atoms with Crippen LogP contribution in [0.5, 0.6) is 5.75 Å². The number of fused-ring (bicyclic) bond motifs is 1. The average Bonchev–Trinajstić information content (AvgIpc) is 2.85. The van der Waals surface area contributed by atoms with Gasteiger partial charge in [0.25, 0.3) is 0 Å². The van der Waals surface area contributed by atoms with E-state index in [9.17, 15) is 9.18 Å². The first kappa shape index (κ1) is 25.1. The van der Waals surface area contributed by atoms with Crippen molar-refractivity contribution < 1.29 is 13.9 Å². The van der Waals surface area contributed by atoms with Crippen molar-refractivity contribution in [1.82, 2.24) is 9.88 Å². The number of carbonyl (C=O) groups is 1. The first-order valence-corrected chi connectivity index (χ1v) is 12.1. The van der Waals surface area contributed by atoms with Crippen molar-refractivity contribution in [3.8, 4) is 5.75 Å². The van der Waals surface area contributed by atoms with Gasteiger partial charge in [-0.2, -0.15) is 0 Å². The van der Waals surface area contributed by atoms with E-state index >= 15 is 0 Å². The van der Waals surface area contributed by atoms with Gasteiger partial charge in [0, 0.05) is 25.3 Å². The molecule has 6 nitrogen and oxygen atoms in total. The minimum atomic E-state index is -0.782. The normalized spacial score (nSPS) is 14.9. The van der Waals surface area contributed by atoms with E-state index in [0.717, 1.165) is 69.7 Å². The second kappa shape index (κ2) is 12.7. The molecular formula is C26H37FN4O2. The number of aromatic nitrogens is 1. The highest BCUT2D eigenvalue weighted by atomic mass is 19.1. The first-order chi connectivity index (χ1) is 16.0. The molecule has 1 aromatic heterocycles. The van der Waals surface area contributed by atoms with Crippen LogP contribution in [0.1, 0.15) is 50.3 Å². The van der Waals surface area contributed by atoms with Gasteiger partial charge in [-0.1, -0.05) is 13.0 Å². The van der Waals surface area contributed by atoms with Crippen molar-refractivity contribution in [1.29, 1.82) is 0 Å². The standard InChI is InChI=1S/C26H37FN4O2/c1-2-26(28,20-32)14-17-31(18-19-33-24-12-9-22(27)10-13-24)16-4-3-7-23-11-8-21-6-5-15-29-25(21)30-23/h8-13,20H,2-7,14-19,28H2,1H3,(H,29,30)/t26-/m0/s1. The zero-order chi connectivity index (χ0) is 23.5. The van der Waals surface area contributed by atoms with Crippen molar-refractivity contribution in [3.05, 3.63) is 53.5 Å². The van der Waals surface area contributed by atoms with Gasteiger partial charge in [-0.15, -0.1) is 0 Å². The number of pyridine rings is 1. The average molecular weight is 457 g/mol. The van der Waals surface area contributed by atoms with Gasteiger partial charge >= 0.3 is 0 Å². The molecule has 2 heterocycles. The van der Waals surface area contributed by atoms with Crippen LogP contribution < -0.4 is 15.8 Å². The monoisotopic (exact) mass is 456 g/mol. The number of hydrogen-bond acceptors (Lipinski definition) is 6. The van der Waals surface area contributed by atoms with E-state index in [1.54, 1.807) is 12.1 Å². The summed E-state index contributed by atoms with van der Waals surface area (Å²) in [7, 11) is 0. The number of rotatable bonds is 14. The highest BCUT2D eigenvalue weighted by Crippen LogP contribution is 2.20. The van der Waals surface area contributed by atoms with Crippen LogP contribution in [0.2, 0.25) is 0 Å². The number of carbonyl (C=O) groups excluding carboxylic acids is 1. The second-order valence-electron chi connectivity index (χ2n) is 8.90. The summed E-state index contributed by atoms with van der Waals surface area (Å²) in [6, 6.07) is 10.4. The van der Waals surface area contributed by atoms with Gasteiger partial charge in [0.1, 0.15) is 30.3 Å². The number of nitrogens with two attached hydrogens (primary N) is 1. The van der Waals surface area contributed by atoms with Crippen LogP contribution in [0.4, 0.5) is 10.2 Å². The fourth-order valence-electron chi connectivity index (χ4n) is 3.99. The number of halogens is 1. The van der Waals surface area contributed by atoms with Gasteiger partial charge in [-0.3, -0.25) is 4.90 Å². The van der Waals surface area contributed by atoms with E-state index in [4.69, 9.17) is 15.5 Å². The molecule has 3 rings (SSSR count). The fraction of sp³-hybridized carbons (Fsp3) is 0.538. The molecule has 0 radical (unpaired) electrons. The molecule has 180 valence electrons. The highest BCUT2D eigenvalue weighted by Gasteiger charge is 2.22. The Morgan fingerprint density at radius 3 is 2.76 bits per heavy atom. The number of anilines is 1. The molecule has 0 spiro atoms. The number of ether oxygens (including phenoxy) is 1. The van der Waals surface area contributed by atoms with Gasteiger partial charge in [0.15, 0.2) is 0 Å². The third-order valence-corrected chi connectivity index (χ3v) is 6.39. The molecule has 0 unspecified atom stereocenters. The molecule has 1 aliphatic rings. The molecular weight excluding hydrogens is 419 g/mol. The Morgan fingerprint density at radius 2 is 2.00 bits per heavy atom. The molecule has 1 aliphatic heterocycles. The zero-order valence-electron chi connectivity index (χ0n) is 19.7. The van der Waals surface area contributed by atoms with Crippen molar-refractivity contribution >= 4 is 12.1 Å². The smallest absolute Gasteiger partial charge is 0.139 e. The summed E-state index contributed by atoms with van der Waals surface area (Å²) < 4.78 is 18.9. The molecule has 0 bridgehead atoms. The first-order valence-electron chi connectivity index (χ1n) is 12.1. The topological polar surface area (TPSA) is 80.5 Å². The number of aryl methyl sites for hydroxylation is 2. The van der Waals surface area contributed by atoms with Gasteiger partial charge < -0.3 is 20.6 Å². The molecule has 0 amide bonds. The summed E-state index contributed by atoms with van der Waals surface area (Å²) in [6.45, 7) is 5.79. The molecule has 33 heavy (non-hydrogen) atoms. The number of nitrogens with zero attached hydrogens (tertiary/aromatic N) is 2. The molecule has 7 heteroatoms. The Labute approximate surface area is 196 Å². The molecule has 3 N–H and O–H groups in total. The van der Waals surface area contributed by atoms with E-state index in [0.29, 0.717) is 25.2 Å². The summed E-state index contributed by atoms with van der Waals surface area (Å²) in [5.74, 6) is 1.42. The molecule has 0 aliphatic carbocycles. The maximum absolute atomic E-state index is 13.1. The number of aldehydes is 1. The molecule has 1 atom stereocenters. The lowest BCUT2D eigenvalue weighted by molar-refractivity contribution is -0.112. The largest absolute Gasteiger partial charge is 0.492 e. The number of hydrogen-bond donors (Lipinski definition) is 2. The number of benzene rings is 1. The van der Waals surface area contributed by atoms with Crippen molar-refractivity contribution in [2.45, 2.75) is 57.4 Å². The van der Waals surface area contributed by atoms with Crippen molar-refractivity contribution in [3.63, 3.8) is 0 Å². The van der Waals surface area contributed by atoms with Crippen LogP contribution in [-0.2, 0) is 17.6 Å². The van der Waals surface area contributed by atoms with E-state index < -0.39 is 5.54 Å². The zero-order valence-corrected chi connectivity index (χ0v) is 19.7. The van der Waals surface area contributed by atoms with Crippen molar-refractivity contribution in [2.24, 2.45) is 5.73 Å². The van der Waals surface area contributed by atoms with Crippen LogP contribution in [0.15, 0.2) is 36.4 Å². The van der Waals surface area contributed by atoms with Gasteiger partial charge in [0.2, 0.25) is 0 Å². The SMILES string of the molecule is CC[C@@](N)(C=O)CCN(CCCCc1ccc2c(n1)NCCC2)CCOc1ccc(F)cc1. The van der Waals surface area contributed by atoms with Crippen molar-refractivity contribution in [2.75, 3.05) is 38.1 Å². The predicted octanol–water partition coefficient (Wildman–Crippen LogP) is 3.98. The summed E-state index contributed by atoms with van der Waals surface area (Å²) in [4.78, 5) is 18.5. The minimum absolute atomic E-state index is 0.277. The van der Waals surface area contributed by atoms with E-state index in [2.05, 4.69) is 22.3 Å². The highest BCUT2D eigenvalue weighted by molar-refractivity contribution is 5.63. The van der Waals surface area contributed by atoms with Crippen LogP contribution in [0, 0.1) is 5.82 Å². The third-order valence-electron chi connectivity index (χ3n) is 6.39. The van der Waals surface area contributed by atoms with E-state index in [1.165, 1.54) is 24.1 Å². The van der Waals surface area contributed by atoms with Crippen LogP contribution >= 0.6 is 0 Å². The predicted molar refractivity (Wildman–Crippen MR) is 130 cm³/mol. The Hall–Kier alpha value is -2.51.